The summed E-state index contributed by atoms with van der Waals surface area (Å²) in [6.07, 6.45) is 1.83. The van der Waals surface area contributed by atoms with E-state index in [1.807, 2.05) is 53.9 Å². The van der Waals surface area contributed by atoms with Crippen LogP contribution >= 0.6 is 11.3 Å². The SMILES string of the molecule is c1ccc(-c2nc(-c3cccc(-c4ccccn4)c3)cc(-c3cc(-c4ccc5sc6ccccc6c5c4)cc(-c4ccccc4-c4ccccc4)c3)n2)cc1. The Kier molecular flexibility index (Phi) is 8.36. The van der Waals surface area contributed by atoms with Crippen LogP contribution < -0.4 is 0 Å². The van der Waals surface area contributed by atoms with Crippen LogP contribution in [0.4, 0.5) is 0 Å². The number of aromatic nitrogens is 3. The zero-order valence-electron chi connectivity index (χ0n) is 29.8. The molecule has 0 aliphatic heterocycles. The standard InChI is InChI=1S/C51H33N3S/c1-3-14-34(15-4-1)42-20-7-8-21-43(42)40-29-39(36-25-26-50-45(32-36)44-22-9-10-24-49(44)55-50)30-41(31-40)48-33-47(53-51(54-48)35-16-5-2-6-17-35)38-19-13-18-37(28-38)46-23-11-12-27-52-46/h1-33H. The van der Waals surface area contributed by atoms with Crippen molar-refractivity contribution < 1.29 is 0 Å². The van der Waals surface area contributed by atoms with Crippen LogP contribution in [0.3, 0.4) is 0 Å². The lowest BCUT2D eigenvalue weighted by atomic mass is 9.90. The van der Waals surface area contributed by atoms with E-state index in [0.29, 0.717) is 5.82 Å². The van der Waals surface area contributed by atoms with Crippen molar-refractivity contribution in [2.45, 2.75) is 0 Å². The van der Waals surface area contributed by atoms with Crippen molar-refractivity contribution in [2.24, 2.45) is 0 Å². The second-order valence-electron chi connectivity index (χ2n) is 13.6. The molecule has 0 bridgehead atoms. The molecule has 7 aromatic carbocycles. The summed E-state index contributed by atoms with van der Waals surface area (Å²) in [5, 5.41) is 2.56. The van der Waals surface area contributed by atoms with Crippen LogP contribution in [0, 0.1) is 0 Å². The van der Waals surface area contributed by atoms with Gasteiger partial charge < -0.3 is 0 Å². The minimum Gasteiger partial charge on any atom is -0.256 e. The molecule has 258 valence electrons. The van der Waals surface area contributed by atoms with Gasteiger partial charge in [0.15, 0.2) is 5.82 Å². The summed E-state index contributed by atoms with van der Waals surface area (Å²) in [5.41, 5.74) is 13.6. The van der Waals surface area contributed by atoms with Crippen molar-refractivity contribution >= 4 is 31.5 Å². The quantitative estimate of drug-likeness (QED) is 0.165. The molecule has 0 spiro atoms. The van der Waals surface area contributed by atoms with Crippen molar-refractivity contribution in [3.63, 3.8) is 0 Å². The number of pyridine rings is 1. The van der Waals surface area contributed by atoms with E-state index in [-0.39, 0.29) is 0 Å². The predicted octanol–water partition coefficient (Wildman–Crippen LogP) is 13.9. The Morgan fingerprint density at radius 2 is 0.891 bits per heavy atom. The summed E-state index contributed by atoms with van der Waals surface area (Å²) in [6, 6.07) is 68.6. The van der Waals surface area contributed by atoms with Gasteiger partial charge in [0.2, 0.25) is 0 Å². The maximum atomic E-state index is 5.29. The van der Waals surface area contributed by atoms with Crippen molar-refractivity contribution in [2.75, 3.05) is 0 Å². The largest absolute Gasteiger partial charge is 0.256 e. The van der Waals surface area contributed by atoms with Crippen molar-refractivity contribution in [3.05, 3.63) is 200 Å². The highest BCUT2D eigenvalue weighted by Gasteiger charge is 2.16. The first-order valence-electron chi connectivity index (χ1n) is 18.4. The van der Waals surface area contributed by atoms with Crippen molar-refractivity contribution in [1.82, 2.24) is 15.0 Å². The van der Waals surface area contributed by atoms with Gasteiger partial charge in [-0.25, -0.2) is 9.97 Å². The molecule has 10 aromatic rings. The lowest BCUT2D eigenvalue weighted by Crippen LogP contribution is -1.97. The van der Waals surface area contributed by atoms with E-state index in [9.17, 15) is 0 Å². The highest BCUT2D eigenvalue weighted by molar-refractivity contribution is 7.25. The molecule has 3 heterocycles. The van der Waals surface area contributed by atoms with Crippen LogP contribution in [0.5, 0.6) is 0 Å². The van der Waals surface area contributed by atoms with Crippen LogP contribution in [0.15, 0.2) is 200 Å². The molecule has 3 aromatic heterocycles. The predicted molar refractivity (Wildman–Crippen MR) is 231 cm³/mol. The number of nitrogens with zero attached hydrogens (tertiary/aromatic N) is 3. The Balaban J connectivity index is 1.20. The van der Waals surface area contributed by atoms with Gasteiger partial charge in [0.25, 0.3) is 0 Å². The van der Waals surface area contributed by atoms with Gasteiger partial charge in [0.1, 0.15) is 0 Å². The van der Waals surface area contributed by atoms with E-state index in [4.69, 9.17) is 9.97 Å². The summed E-state index contributed by atoms with van der Waals surface area (Å²) in [4.78, 5) is 15.1. The number of benzene rings is 7. The zero-order chi connectivity index (χ0) is 36.6. The lowest BCUT2D eigenvalue weighted by Gasteiger charge is -2.15. The molecule has 0 fully saturated rings. The molecule has 0 aliphatic rings. The van der Waals surface area contributed by atoms with Gasteiger partial charge in [0.05, 0.1) is 17.1 Å². The van der Waals surface area contributed by atoms with Crippen LogP contribution in [0.1, 0.15) is 0 Å². The molecule has 0 unspecified atom stereocenters. The second-order valence-corrected chi connectivity index (χ2v) is 14.7. The maximum absolute atomic E-state index is 5.29. The van der Waals surface area contributed by atoms with Crippen LogP contribution in [0.2, 0.25) is 0 Å². The first-order chi connectivity index (χ1) is 27.2. The third-order valence-electron chi connectivity index (χ3n) is 10.1. The topological polar surface area (TPSA) is 38.7 Å². The number of thiophene rings is 1. The molecule has 4 heteroatoms. The lowest BCUT2D eigenvalue weighted by molar-refractivity contribution is 1.18. The molecule has 0 atom stereocenters. The van der Waals surface area contributed by atoms with Gasteiger partial charge in [-0.3, -0.25) is 4.98 Å². The third kappa shape index (κ3) is 6.39. The molecular weight excluding hydrogens is 687 g/mol. The fraction of sp³-hybridized carbons (Fsp3) is 0. The van der Waals surface area contributed by atoms with Crippen LogP contribution in [-0.4, -0.2) is 15.0 Å². The van der Waals surface area contributed by atoms with E-state index in [1.165, 1.54) is 36.9 Å². The van der Waals surface area contributed by atoms with E-state index in [1.54, 1.807) is 0 Å². The zero-order valence-corrected chi connectivity index (χ0v) is 30.6. The molecule has 0 aliphatic carbocycles. The van der Waals surface area contributed by atoms with Crippen LogP contribution in [0.25, 0.3) is 98.7 Å². The summed E-state index contributed by atoms with van der Waals surface area (Å²) in [5.74, 6) is 0.680. The summed E-state index contributed by atoms with van der Waals surface area (Å²) in [7, 11) is 0. The molecule has 0 N–H and O–H groups in total. The molecule has 0 amide bonds. The van der Waals surface area contributed by atoms with Gasteiger partial charge >= 0.3 is 0 Å². The van der Waals surface area contributed by atoms with Gasteiger partial charge in [-0.1, -0.05) is 133 Å². The van der Waals surface area contributed by atoms with E-state index >= 15 is 0 Å². The van der Waals surface area contributed by atoms with Gasteiger partial charge in [-0.05, 0) is 94.0 Å². The number of hydrogen-bond acceptors (Lipinski definition) is 4. The average Bonchev–Trinajstić information content (AvgIpc) is 3.65. The fourth-order valence-corrected chi connectivity index (χ4v) is 8.52. The Morgan fingerprint density at radius 1 is 0.309 bits per heavy atom. The maximum Gasteiger partial charge on any atom is 0.160 e. The van der Waals surface area contributed by atoms with Crippen molar-refractivity contribution in [1.29, 1.82) is 0 Å². The minimum absolute atomic E-state index is 0.680. The molecule has 0 radical (unpaired) electrons. The normalized spacial score (nSPS) is 11.3. The van der Waals surface area contributed by atoms with Crippen LogP contribution in [-0.2, 0) is 0 Å². The monoisotopic (exact) mass is 719 g/mol. The first kappa shape index (κ1) is 32.6. The second kappa shape index (κ2) is 14.1. The molecule has 3 nitrogen and oxygen atoms in total. The Labute approximate surface area is 323 Å². The number of rotatable bonds is 7. The Bertz CT molecular complexity index is 2970. The van der Waals surface area contributed by atoms with Gasteiger partial charge in [0, 0.05) is 48.6 Å². The Hall–Kier alpha value is -7.01. The molecule has 0 saturated heterocycles. The first-order valence-corrected chi connectivity index (χ1v) is 19.2. The minimum atomic E-state index is 0.680. The number of hydrogen-bond donors (Lipinski definition) is 0. The smallest absolute Gasteiger partial charge is 0.160 e. The van der Waals surface area contributed by atoms with E-state index < -0.39 is 0 Å². The molecule has 0 saturated carbocycles. The summed E-state index contributed by atoms with van der Waals surface area (Å²) in [6.45, 7) is 0. The highest BCUT2D eigenvalue weighted by Crippen LogP contribution is 2.41. The Morgan fingerprint density at radius 3 is 1.67 bits per heavy atom. The fourth-order valence-electron chi connectivity index (χ4n) is 7.44. The summed E-state index contributed by atoms with van der Waals surface area (Å²) < 4.78 is 2.59. The average molecular weight is 720 g/mol. The van der Waals surface area contributed by atoms with E-state index in [2.05, 4.69) is 163 Å². The molecular formula is C51H33N3S. The van der Waals surface area contributed by atoms with Gasteiger partial charge in [-0.2, -0.15) is 0 Å². The third-order valence-corrected chi connectivity index (χ3v) is 11.3. The molecule has 10 rings (SSSR count). The highest BCUT2D eigenvalue weighted by atomic mass is 32.1. The number of fused-ring (bicyclic) bond motifs is 3. The van der Waals surface area contributed by atoms with Crippen molar-refractivity contribution in [3.8, 4) is 78.5 Å². The van der Waals surface area contributed by atoms with Gasteiger partial charge in [-0.15, -0.1) is 11.3 Å². The summed E-state index contributed by atoms with van der Waals surface area (Å²) >= 11 is 1.84. The molecule has 55 heavy (non-hydrogen) atoms. The van der Waals surface area contributed by atoms with E-state index in [0.717, 1.165) is 56.0 Å².